The lowest BCUT2D eigenvalue weighted by molar-refractivity contribution is -0.0676. The molecule has 0 aliphatic carbocycles. The van der Waals surface area contributed by atoms with Gasteiger partial charge in [0.05, 0.1) is 6.10 Å². The van der Waals surface area contributed by atoms with Gasteiger partial charge in [-0.05, 0) is 12.8 Å². The molecule has 2 atom stereocenters. The molecule has 2 unspecified atom stereocenters. The highest BCUT2D eigenvalue weighted by Gasteiger charge is 2.33. The van der Waals surface area contributed by atoms with Crippen LogP contribution in [-0.2, 0) is 0 Å². The van der Waals surface area contributed by atoms with Gasteiger partial charge in [-0.25, -0.2) is 0 Å². The third-order valence-corrected chi connectivity index (χ3v) is 9.62. The summed E-state index contributed by atoms with van der Waals surface area (Å²) in [7, 11) is 0. The van der Waals surface area contributed by atoms with Gasteiger partial charge < -0.3 is 10.2 Å². The van der Waals surface area contributed by atoms with E-state index in [-0.39, 0.29) is 0 Å². The lowest BCUT2D eigenvalue weighted by Gasteiger charge is -2.31. The molecule has 0 aliphatic rings. The van der Waals surface area contributed by atoms with Crippen LogP contribution in [-0.4, -0.2) is 27.2 Å². The van der Waals surface area contributed by atoms with Gasteiger partial charge in [0.2, 0.25) is 0 Å². The standard InChI is InChI=1S/C35H71BrO2/c1-3-5-7-9-11-13-15-17-19-21-23-25-27-29-31-34(37)35(38,33-36)32-30-28-26-24-22-20-18-16-14-12-10-8-6-4-2/h34,37-38H,3-33H2,1-2H3. The van der Waals surface area contributed by atoms with Crippen LogP contribution >= 0.6 is 15.9 Å². The number of aliphatic hydroxyl groups is 2. The Morgan fingerprint density at radius 2 is 0.711 bits per heavy atom. The Bertz CT molecular complexity index is 444. The average molecular weight is 604 g/mol. The van der Waals surface area contributed by atoms with Gasteiger partial charge in [-0.3, -0.25) is 0 Å². The highest BCUT2D eigenvalue weighted by atomic mass is 79.9. The smallest absolute Gasteiger partial charge is 0.100 e. The van der Waals surface area contributed by atoms with Gasteiger partial charge in [-0.15, -0.1) is 0 Å². The number of alkyl halides is 1. The summed E-state index contributed by atoms with van der Waals surface area (Å²) in [5, 5.41) is 22.2. The van der Waals surface area contributed by atoms with Crippen molar-refractivity contribution in [2.24, 2.45) is 0 Å². The van der Waals surface area contributed by atoms with Crippen molar-refractivity contribution in [3.8, 4) is 0 Å². The number of hydrogen-bond acceptors (Lipinski definition) is 2. The van der Waals surface area contributed by atoms with E-state index in [2.05, 4.69) is 29.8 Å². The molecule has 0 aromatic heterocycles. The molecule has 0 saturated carbocycles. The van der Waals surface area contributed by atoms with Crippen LogP contribution in [0.1, 0.15) is 206 Å². The summed E-state index contributed by atoms with van der Waals surface area (Å²) in [6, 6.07) is 0. The fourth-order valence-electron chi connectivity index (χ4n) is 5.75. The molecule has 0 rings (SSSR count). The maximum atomic E-state index is 11.0. The lowest BCUT2D eigenvalue weighted by Crippen LogP contribution is -2.44. The second kappa shape index (κ2) is 30.4. The van der Waals surface area contributed by atoms with Gasteiger partial charge in [0.15, 0.2) is 0 Å². The first-order chi connectivity index (χ1) is 18.6. The van der Waals surface area contributed by atoms with E-state index in [1.807, 2.05) is 0 Å². The number of halogens is 1. The topological polar surface area (TPSA) is 40.5 Å². The van der Waals surface area contributed by atoms with Gasteiger partial charge >= 0.3 is 0 Å². The van der Waals surface area contributed by atoms with Gasteiger partial charge in [-0.1, -0.05) is 210 Å². The zero-order valence-electron chi connectivity index (χ0n) is 26.3. The SMILES string of the molecule is CCCCCCCCCCCCCCCCC(O)C(O)(CBr)CCCCCCCCCCCCCCCC. The molecule has 0 bridgehead atoms. The highest BCUT2D eigenvalue weighted by Crippen LogP contribution is 2.26. The first kappa shape index (κ1) is 38.4. The molecule has 0 spiro atoms. The van der Waals surface area contributed by atoms with Crippen molar-refractivity contribution in [2.45, 2.75) is 218 Å². The van der Waals surface area contributed by atoms with Gasteiger partial charge in [0.25, 0.3) is 0 Å². The molecule has 0 aromatic rings. The zero-order chi connectivity index (χ0) is 28.0. The third-order valence-electron chi connectivity index (χ3n) is 8.65. The Morgan fingerprint density at radius 1 is 0.447 bits per heavy atom. The molecule has 2 nitrogen and oxygen atoms in total. The molecule has 0 radical (unpaired) electrons. The van der Waals surface area contributed by atoms with E-state index in [9.17, 15) is 10.2 Å². The Balaban J connectivity index is 3.55. The van der Waals surface area contributed by atoms with Crippen LogP contribution < -0.4 is 0 Å². The maximum absolute atomic E-state index is 11.0. The van der Waals surface area contributed by atoms with E-state index in [4.69, 9.17) is 0 Å². The summed E-state index contributed by atoms with van der Waals surface area (Å²) in [5.74, 6) is 0. The van der Waals surface area contributed by atoms with Crippen LogP contribution in [0, 0.1) is 0 Å². The monoisotopic (exact) mass is 602 g/mol. The predicted molar refractivity (Wildman–Crippen MR) is 175 cm³/mol. The minimum absolute atomic E-state index is 0.484. The number of unbranched alkanes of at least 4 members (excludes halogenated alkanes) is 26. The number of rotatable bonds is 32. The van der Waals surface area contributed by atoms with E-state index in [1.54, 1.807) is 0 Å². The molecule has 0 aromatic carbocycles. The molecule has 3 heteroatoms. The van der Waals surface area contributed by atoms with E-state index in [0.717, 1.165) is 25.7 Å². The largest absolute Gasteiger partial charge is 0.390 e. The Morgan fingerprint density at radius 3 is 1.00 bits per heavy atom. The molecular weight excluding hydrogens is 532 g/mol. The highest BCUT2D eigenvalue weighted by molar-refractivity contribution is 9.09. The summed E-state index contributed by atoms with van der Waals surface area (Å²) in [5.41, 5.74) is -0.951. The molecule has 0 aliphatic heterocycles. The van der Waals surface area contributed by atoms with E-state index >= 15 is 0 Å². The maximum Gasteiger partial charge on any atom is 0.100 e. The first-order valence-electron chi connectivity index (χ1n) is 17.6. The van der Waals surface area contributed by atoms with Crippen LogP contribution in [0.15, 0.2) is 0 Å². The Kier molecular flexibility index (Phi) is 30.7. The number of aliphatic hydroxyl groups excluding tert-OH is 1. The summed E-state index contributed by atoms with van der Waals surface area (Å²) in [6.45, 7) is 4.57. The van der Waals surface area contributed by atoms with Crippen molar-refractivity contribution in [1.82, 2.24) is 0 Å². The molecular formula is C35H71BrO2. The predicted octanol–water partition coefficient (Wildman–Crippen LogP) is 12.2. The fraction of sp³-hybridized carbons (Fsp3) is 1.00. The van der Waals surface area contributed by atoms with E-state index in [1.165, 1.54) is 167 Å². The quantitative estimate of drug-likeness (QED) is 0.0593. The molecule has 0 heterocycles. The summed E-state index contributed by atoms with van der Waals surface area (Å²) in [6.07, 6.45) is 38.6. The molecule has 0 fully saturated rings. The Labute approximate surface area is 249 Å². The van der Waals surface area contributed by atoms with Crippen LogP contribution in [0.4, 0.5) is 0 Å². The van der Waals surface area contributed by atoms with Crippen molar-refractivity contribution < 1.29 is 10.2 Å². The fourth-order valence-corrected chi connectivity index (χ4v) is 6.40. The Hall–Kier alpha value is 0.400. The van der Waals surface area contributed by atoms with Crippen molar-refractivity contribution in [3.05, 3.63) is 0 Å². The minimum atomic E-state index is -0.951. The van der Waals surface area contributed by atoms with Crippen LogP contribution in [0.3, 0.4) is 0 Å². The third kappa shape index (κ3) is 25.4. The van der Waals surface area contributed by atoms with Crippen LogP contribution in [0.2, 0.25) is 0 Å². The van der Waals surface area contributed by atoms with Crippen LogP contribution in [0.5, 0.6) is 0 Å². The molecule has 0 saturated heterocycles. The van der Waals surface area contributed by atoms with Crippen molar-refractivity contribution in [1.29, 1.82) is 0 Å². The second-order valence-corrected chi connectivity index (χ2v) is 13.0. The number of hydrogen-bond donors (Lipinski definition) is 2. The van der Waals surface area contributed by atoms with Gasteiger partial charge in [0.1, 0.15) is 5.60 Å². The summed E-state index contributed by atoms with van der Waals surface area (Å²) in [4.78, 5) is 0. The van der Waals surface area contributed by atoms with Crippen LogP contribution in [0.25, 0.3) is 0 Å². The van der Waals surface area contributed by atoms with Crippen molar-refractivity contribution in [3.63, 3.8) is 0 Å². The molecule has 2 N–H and O–H groups in total. The minimum Gasteiger partial charge on any atom is -0.390 e. The summed E-state index contributed by atoms with van der Waals surface area (Å²) < 4.78 is 0. The van der Waals surface area contributed by atoms with Gasteiger partial charge in [0, 0.05) is 5.33 Å². The van der Waals surface area contributed by atoms with E-state index in [0.29, 0.717) is 5.33 Å². The van der Waals surface area contributed by atoms with E-state index < -0.39 is 11.7 Å². The lowest BCUT2D eigenvalue weighted by atomic mass is 9.88. The first-order valence-corrected chi connectivity index (χ1v) is 18.7. The zero-order valence-corrected chi connectivity index (χ0v) is 27.9. The molecule has 230 valence electrons. The second-order valence-electron chi connectivity index (χ2n) is 12.5. The van der Waals surface area contributed by atoms with Crippen molar-refractivity contribution in [2.75, 3.05) is 5.33 Å². The van der Waals surface area contributed by atoms with Crippen molar-refractivity contribution >= 4 is 15.9 Å². The molecule has 0 amide bonds. The van der Waals surface area contributed by atoms with Gasteiger partial charge in [-0.2, -0.15) is 0 Å². The molecule has 38 heavy (non-hydrogen) atoms. The summed E-state index contributed by atoms with van der Waals surface area (Å²) >= 11 is 3.49. The average Bonchev–Trinajstić information content (AvgIpc) is 2.93. The normalized spacial score (nSPS) is 14.1.